The Morgan fingerprint density at radius 1 is 1.41 bits per heavy atom. The number of carbonyl (C=O) groups is 1. The summed E-state index contributed by atoms with van der Waals surface area (Å²) in [5, 5.41) is 0. The van der Waals surface area contributed by atoms with E-state index in [0.717, 1.165) is 11.9 Å². The SMILES string of the molecule is CCc1cc2cc(C(=O)OC(C)C)ccn2c1. The van der Waals surface area contributed by atoms with Crippen LogP contribution < -0.4 is 0 Å². The lowest BCUT2D eigenvalue weighted by Gasteiger charge is -2.07. The molecule has 0 atom stereocenters. The van der Waals surface area contributed by atoms with Gasteiger partial charge in [-0.2, -0.15) is 0 Å². The molecule has 17 heavy (non-hydrogen) atoms. The van der Waals surface area contributed by atoms with E-state index in [4.69, 9.17) is 4.74 Å². The summed E-state index contributed by atoms with van der Waals surface area (Å²) in [7, 11) is 0. The number of esters is 1. The number of hydrogen-bond donors (Lipinski definition) is 0. The fourth-order valence-electron chi connectivity index (χ4n) is 1.77. The highest BCUT2D eigenvalue weighted by molar-refractivity contribution is 5.90. The Labute approximate surface area is 101 Å². The van der Waals surface area contributed by atoms with E-state index >= 15 is 0 Å². The van der Waals surface area contributed by atoms with Crippen molar-refractivity contribution in [1.29, 1.82) is 0 Å². The van der Waals surface area contributed by atoms with Crippen molar-refractivity contribution in [2.24, 2.45) is 0 Å². The highest BCUT2D eigenvalue weighted by atomic mass is 16.5. The third-order valence-corrected chi connectivity index (χ3v) is 2.64. The summed E-state index contributed by atoms with van der Waals surface area (Å²) in [5.74, 6) is -0.262. The fourth-order valence-corrected chi connectivity index (χ4v) is 1.77. The second-order valence-corrected chi connectivity index (χ2v) is 4.40. The minimum atomic E-state index is -0.262. The standard InChI is InChI=1S/C14H17NO2/c1-4-11-7-13-8-12(5-6-15(13)9-11)14(16)17-10(2)3/h5-10H,4H2,1-3H3. The topological polar surface area (TPSA) is 30.7 Å². The van der Waals surface area contributed by atoms with Crippen molar-refractivity contribution in [2.75, 3.05) is 0 Å². The van der Waals surface area contributed by atoms with Crippen molar-refractivity contribution >= 4 is 11.5 Å². The molecule has 0 aromatic carbocycles. The Hall–Kier alpha value is -1.77. The normalized spacial score (nSPS) is 11.1. The molecule has 0 fully saturated rings. The fraction of sp³-hybridized carbons (Fsp3) is 0.357. The van der Waals surface area contributed by atoms with Crippen LogP contribution in [0.4, 0.5) is 0 Å². The number of aromatic nitrogens is 1. The van der Waals surface area contributed by atoms with Crippen LogP contribution in [0, 0.1) is 0 Å². The van der Waals surface area contributed by atoms with Gasteiger partial charge in [0.05, 0.1) is 11.7 Å². The van der Waals surface area contributed by atoms with E-state index in [1.54, 1.807) is 6.07 Å². The molecule has 0 N–H and O–H groups in total. The Balaban J connectivity index is 2.33. The molecule has 0 radical (unpaired) electrons. The Morgan fingerprint density at radius 3 is 2.82 bits per heavy atom. The first-order chi connectivity index (χ1) is 8.10. The highest BCUT2D eigenvalue weighted by Crippen LogP contribution is 2.14. The predicted octanol–water partition coefficient (Wildman–Crippen LogP) is 3.07. The van der Waals surface area contributed by atoms with Gasteiger partial charge in [-0.15, -0.1) is 0 Å². The van der Waals surface area contributed by atoms with Gasteiger partial charge in [-0.25, -0.2) is 4.79 Å². The van der Waals surface area contributed by atoms with Crippen molar-refractivity contribution in [2.45, 2.75) is 33.3 Å². The minimum Gasteiger partial charge on any atom is -0.459 e. The maximum atomic E-state index is 11.7. The molecule has 3 nitrogen and oxygen atoms in total. The van der Waals surface area contributed by atoms with Gasteiger partial charge in [0.25, 0.3) is 0 Å². The predicted molar refractivity (Wildman–Crippen MR) is 67.3 cm³/mol. The summed E-state index contributed by atoms with van der Waals surface area (Å²) in [6.07, 6.45) is 4.88. The summed E-state index contributed by atoms with van der Waals surface area (Å²) in [4.78, 5) is 11.7. The van der Waals surface area contributed by atoms with Gasteiger partial charge < -0.3 is 9.14 Å². The maximum Gasteiger partial charge on any atom is 0.338 e. The number of nitrogens with zero attached hydrogens (tertiary/aromatic N) is 1. The number of aryl methyl sites for hydroxylation is 1. The molecule has 0 saturated carbocycles. The molecular formula is C14H17NO2. The molecule has 0 bridgehead atoms. The second-order valence-electron chi connectivity index (χ2n) is 4.40. The van der Waals surface area contributed by atoms with Gasteiger partial charge in [0.15, 0.2) is 0 Å². The molecular weight excluding hydrogens is 214 g/mol. The summed E-state index contributed by atoms with van der Waals surface area (Å²) >= 11 is 0. The summed E-state index contributed by atoms with van der Waals surface area (Å²) in [6.45, 7) is 5.81. The quantitative estimate of drug-likeness (QED) is 0.760. The van der Waals surface area contributed by atoms with Gasteiger partial charge in [-0.1, -0.05) is 6.92 Å². The van der Waals surface area contributed by atoms with Gasteiger partial charge >= 0.3 is 5.97 Å². The second kappa shape index (κ2) is 4.62. The van der Waals surface area contributed by atoms with Gasteiger partial charge in [0.2, 0.25) is 0 Å². The molecule has 2 aromatic heterocycles. The Bertz CT molecular complexity index is 540. The molecule has 0 aliphatic rings. The van der Waals surface area contributed by atoms with Crippen LogP contribution in [0.2, 0.25) is 0 Å². The average Bonchev–Trinajstić information content (AvgIpc) is 2.69. The zero-order chi connectivity index (χ0) is 12.4. The van der Waals surface area contributed by atoms with E-state index in [9.17, 15) is 4.79 Å². The highest BCUT2D eigenvalue weighted by Gasteiger charge is 2.10. The van der Waals surface area contributed by atoms with Gasteiger partial charge in [0.1, 0.15) is 0 Å². The molecule has 2 heterocycles. The lowest BCUT2D eigenvalue weighted by molar-refractivity contribution is 0.0378. The monoisotopic (exact) mass is 231 g/mol. The molecule has 0 spiro atoms. The number of carbonyl (C=O) groups excluding carboxylic acids is 1. The van der Waals surface area contributed by atoms with Crippen molar-refractivity contribution in [3.63, 3.8) is 0 Å². The number of hydrogen-bond acceptors (Lipinski definition) is 2. The summed E-state index contributed by atoms with van der Waals surface area (Å²) < 4.78 is 7.19. The van der Waals surface area contributed by atoms with E-state index in [1.165, 1.54) is 5.56 Å². The zero-order valence-corrected chi connectivity index (χ0v) is 10.4. The van der Waals surface area contributed by atoms with Crippen LogP contribution in [-0.2, 0) is 11.2 Å². The molecule has 0 aliphatic carbocycles. The van der Waals surface area contributed by atoms with Crippen LogP contribution in [0.25, 0.3) is 5.52 Å². The van der Waals surface area contributed by atoms with E-state index in [1.807, 2.05) is 30.5 Å². The molecule has 0 aliphatic heterocycles. The van der Waals surface area contributed by atoms with Crippen molar-refractivity contribution in [3.8, 4) is 0 Å². The van der Waals surface area contributed by atoms with Gasteiger partial charge in [-0.05, 0) is 44.0 Å². The first kappa shape index (κ1) is 11.7. The van der Waals surface area contributed by atoms with Crippen LogP contribution in [0.3, 0.4) is 0 Å². The van der Waals surface area contributed by atoms with E-state index in [2.05, 4.69) is 19.2 Å². The molecule has 2 aromatic rings. The zero-order valence-electron chi connectivity index (χ0n) is 10.4. The summed E-state index contributed by atoms with van der Waals surface area (Å²) in [5.41, 5.74) is 2.89. The molecule has 0 amide bonds. The van der Waals surface area contributed by atoms with Gasteiger partial charge in [0, 0.05) is 17.9 Å². The smallest absolute Gasteiger partial charge is 0.338 e. The Kier molecular flexibility index (Phi) is 3.18. The van der Waals surface area contributed by atoms with Gasteiger partial charge in [-0.3, -0.25) is 0 Å². The molecule has 2 rings (SSSR count). The minimum absolute atomic E-state index is 0.0864. The van der Waals surface area contributed by atoms with Crippen molar-refractivity contribution in [3.05, 3.63) is 41.7 Å². The third-order valence-electron chi connectivity index (χ3n) is 2.64. The first-order valence-corrected chi connectivity index (χ1v) is 5.91. The molecule has 90 valence electrons. The molecule has 3 heteroatoms. The number of fused-ring (bicyclic) bond motifs is 1. The van der Waals surface area contributed by atoms with Crippen molar-refractivity contribution < 1.29 is 9.53 Å². The van der Waals surface area contributed by atoms with Crippen LogP contribution in [-0.4, -0.2) is 16.5 Å². The number of pyridine rings is 1. The molecule has 0 saturated heterocycles. The van der Waals surface area contributed by atoms with Crippen molar-refractivity contribution in [1.82, 2.24) is 4.40 Å². The van der Waals surface area contributed by atoms with Crippen LogP contribution >= 0.6 is 0 Å². The maximum absolute atomic E-state index is 11.7. The third kappa shape index (κ3) is 2.49. The van der Waals surface area contributed by atoms with Crippen LogP contribution in [0.15, 0.2) is 30.6 Å². The van der Waals surface area contributed by atoms with E-state index in [0.29, 0.717) is 5.56 Å². The van der Waals surface area contributed by atoms with Crippen LogP contribution in [0.1, 0.15) is 36.7 Å². The lowest BCUT2D eigenvalue weighted by atomic mass is 10.2. The first-order valence-electron chi connectivity index (χ1n) is 5.91. The number of ether oxygens (including phenoxy) is 1. The lowest BCUT2D eigenvalue weighted by Crippen LogP contribution is -2.11. The summed E-state index contributed by atoms with van der Waals surface area (Å²) in [6, 6.07) is 5.74. The average molecular weight is 231 g/mol. The van der Waals surface area contributed by atoms with E-state index < -0.39 is 0 Å². The largest absolute Gasteiger partial charge is 0.459 e. The van der Waals surface area contributed by atoms with Crippen LogP contribution in [0.5, 0.6) is 0 Å². The number of rotatable bonds is 3. The molecule has 0 unspecified atom stereocenters. The van der Waals surface area contributed by atoms with E-state index in [-0.39, 0.29) is 12.1 Å². The Morgan fingerprint density at radius 2 is 2.18 bits per heavy atom.